The van der Waals surface area contributed by atoms with Gasteiger partial charge in [-0.1, -0.05) is 72.2 Å². The van der Waals surface area contributed by atoms with Crippen LogP contribution in [0.2, 0.25) is 0 Å². The summed E-state index contributed by atoms with van der Waals surface area (Å²) in [6, 6.07) is 8.22. The van der Waals surface area contributed by atoms with Gasteiger partial charge in [0.25, 0.3) is 0 Å². The Kier molecular flexibility index (Phi) is 6.79. The number of anilines is 1. The SMILES string of the molecule is CCn1c(SCC(=O)Nc2nnc(C3CCCCC3)s2)nnc1-c1ccc(C)cc1. The molecule has 0 spiro atoms. The van der Waals surface area contributed by atoms with Gasteiger partial charge in [0.2, 0.25) is 11.0 Å². The van der Waals surface area contributed by atoms with Gasteiger partial charge in [-0.2, -0.15) is 0 Å². The molecule has 1 N–H and O–H groups in total. The molecule has 2 aromatic heterocycles. The van der Waals surface area contributed by atoms with Crippen LogP contribution in [-0.4, -0.2) is 36.6 Å². The van der Waals surface area contributed by atoms with Gasteiger partial charge in [-0.3, -0.25) is 10.1 Å². The number of carbonyl (C=O) groups excluding carboxylic acids is 1. The molecule has 0 saturated heterocycles. The van der Waals surface area contributed by atoms with Crippen molar-refractivity contribution in [2.75, 3.05) is 11.1 Å². The van der Waals surface area contributed by atoms with Crippen LogP contribution in [0.3, 0.4) is 0 Å². The van der Waals surface area contributed by atoms with E-state index in [-0.39, 0.29) is 11.7 Å². The van der Waals surface area contributed by atoms with E-state index in [2.05, 4.69) is 51.7 Å². The Morgan fingerprint density at radius 1 is 1.13 bits per heavy atom. The zero-order valence-electron chi connectivity index (χ0n) is 17.3. The molecule has 9 heteroatoms. The predicted octanol–water partition coefficient (Wildman–Crippen LogP) is 4.90. The van der Waals surface area contributed by atoms with E-state index in [9.17, 15) is 4.79 Å². The molecule has 1 aliphatic carbocycles. The molecule has 1 saturated carbocycles. The van der Waals surface area contributed by atoms with Crippen molar-refractivity contribution in [1.82, 2.24) is 25.0 Å². The van der Waals surface area contributed by atoms with Crippen LogP contribution in [0.25, 0.3) is 11.4 Å². The van der Waals surface area contributed by atoms with E-state index in [0.29, 0.717) is 11.0 Å². The molecule has 1 amide bonds. The van der Waals surface area contributed by atoms with Crippen molar-refractivity contribution >= 4 is 34.1 Å². The Morgan fingerprint density at radius 2 is 1.90 bits per heavy atom. The van der Waals surface area contributed by atoms with Crippen LogP contribution in [0.5, 0.6) is 0 Å². The fraction of sp³-hybridized carbons (Fsp3) is 0.476. The minimum Gasteiger partial charge on any atom is -0.302 e. The topological polar surface area (TPSA) is 85.6 Å². The Balaban J connectivity index is 1.36. The van der Waals surface area contributed by atoms with Gasteiger partial charge in [-0.25, -0.2) is 0 Å². The number of amides is 1. The number of aryl methyl sites for hydroxylation is 1. The third-order valence-electron chi connectivity index (χ3n) is 5.32. The lowest BCUT2D eigenvalue weighted by Gasteiger charge is -2.18. The second-order valence-corrected chi connectivity index (χ2v) is 9.49. The first-order valence-corrected chi connectivity index (χ1v) is 12.2. The Hall–Kier alpha value is -2.26. The standard InChI is InChI=1S/C21H26N6OS2/c1-3-27-18(15-11-9-14(2)10-12-15)23-26-21(27)29-13-17(28)22-20-25-24-19(30-20)16-7-5-4-6-8-16/h9-12,16H,3-8,13H2,1-2H3,(H,22,25,28). The van der Waals surface area contributed by atoms with Crippen molar-refractivity contribution in [3.8, 4) is 11.4 Å². The average molecular weight is 443 g/mol. The highest BCUT2D eigenvalue weighted by Crippen LogP contribution is 2.35. The zero-order chi connectivity index (χ0) is 20.9. The number of hydrogen-bond acceptors (Lipinski definition) is 7. The number of hydrogen-bond donors (Lipinski definition) is 1. The molecule has 1 aromatic carbocycles. The van der Waals surface area contributed by atoms with E-state index >= 15 is 0 Å². The van der Waals surface area contributed by atoms with E-state index in [1.165, 1.54) is 60.8 Å². The summed E-state index contributed by atoms with van der Waals surface area (Å²) in [5, 5.41) is 22.4. The van der Waals surface area contributed by atoms with Crippen LogP contribution in [0.15, 0.2) is 29.4 Å². The summed E-state index contributed by atoms with van der Waals surface area (Å²) in [4.78, 5) is 12.4. The van der Waals surface area contributed by atoms with Gasteiger partial charge in [-0.15, -0.1) is 20.4 Å². The third kappa shape index (κ3) is 4.89. The maximum absolute atomic E-state index is 12.4. The average Bonchev–Trinajstić information content (AvgIpc) is 3.40. The monoisotopic (exact) mass is 442 g/mol. The molecule has 158 valence electrons. The minimum absolute atomic E-state index is 0.103. The van der Waals surface area contributed by atoms with Crippen molar-refractivity contribution < 1.29 is 4.79 Å². The number of nitrogens with zero attached hydrogens (tertiary/aromatic N) is 5. The summed E-state index contributed by atoms with van der Waals surface area (Å²) in [6.45, 7) is 4.85. The number of aromatic nitrogens is 5. The van der Waals surface area contributed by atoms with E-state index in [0.717, 1.165) is 28.1 Å². The highest BCUT2D eigenvalue weighted by Gasteiger charge is 2.20. The van der Waals surface area contributed by atoms with Gasteiger partial charge in [-0.05, 0) is 26.7 Å². The summed E-state index contributed by atoms with van der Waals surface area (Å²) in [5.74, 6) is 1.47. The second kappa shape index (κ2) is 9.70. The van der Waals surface area contributed by atoms with Gasteiger partial charge in [0, 0.05) is 18.0 Å². The molecule has 1 fully saturated rings. The zero-order valence-corrected chi connectivity index (χ0v) is 18.9. The van der Waals surface area contributed by atoms with Gasteiger partial charge in [0.05, 0.1) is 5.75 Å². The molecule has 2 heterocycles. The molecule has 0 radical (unpaired) electrons. The molecule has 7 nitrogen and oxygen atoms in total. The lowest BCUT2D eigenvalue weighted by atomic mass is 9.90. The van der Waals surface area contributed by atoms with Crippen LogP contribution in [0.1, 0.15) is 55.5 Å². The van der Waals surface area contributed by atoms with E-state index in [4.69, 9.17) is 0 Å². The summed E-state index contributed by atoms with van der Waals surface area (Å²) in [5.41, 5.74) is 2.23. The molecule has 3 aromatic rings. The summed E-state index contributed by atoms with van der Waals surface area (Å²) >= 11 is 2.89. The Morgan fingerprint density at radius 3 is 2.63 bits per heavy atom. The highest BCUT2D eigenvalue weighted by atomic mass is 32.2. The first-order valence-electron chi connectivity index (χ1n) is 10.4. The third-order valence-corrected chi connectivity index (χ3v) is 7.28. The first kappa shape index (κ1) is 21.0. The quantitative estimate of drug-likeness (QED) is 0.524. The lowest BCUT2D eigenvalue weighted by molar-refractivity contribution is -0.113. The molecule has 1 aliphatic rings. The number of rotatable bonds is 7. The predicted molar refractivity (Wildman–Crippen MR) is 121 cm³/mol. The normalized spacial score (nSPS) is 14.7. The van der Waals surface area contributed by atoms with Gasteiger partial charge in [0.15, 0.2) is 11.0 Å². The van der Waals surface area contributed by atoms with E-state index < -0.39 is 0 Å². The van der Waals surface area contributed by atoms with Gasteiger partial charge < -0.3 is 4.57 Å². The Bertz CT molecular complexity index is 991. The van der Waals surface area contributed by atoms with Crippen molar-refractivity contribution in [3.05, 3.63) is 34.8 Å². The Labute approximate surface area is 184 Å². The largest absolute Gasteiger partial charge is 0.302 e. The molecular formula is C21H26N6OS2. The fourth-order valence-corrected chi connectivity index (χ4v) is 5.41. The first-order chi connectivity index (χ1) is 14.6. The smallest absolute Gasteiger partial charge is 0.236 e. The van der Waals surface area contributed by atoms with Crippen LogP contribution in [0.4, 0.5) is 5.13 Å². The van der Waals surface area contributed by atoms with Crippen molar-refractivity contribution in [2.24, 2.45) is 0 Å². The van der Waals surface area contributed by atoms with Crippen LogP contribution >= 0.6 is 23.1 Å². The maximum Gasteiger partial charge on any atom is 0.236 e. The summed E-state index contributed by atoms with van der Waals surface area (Å²) in [7, 11) is 0. The summed E-state index contributed by atoms with van der Waals surface area (Å²) in [6.07, 6.45) is 6.17. The van der Waals surface area contributed by atoms with E-state index in [1.54, 1.807) is 0 Å². The summed E-state index contributed by atoms with van der Waals surface area (Å²) < 4.78 is 2.04. The highest BCUT2D eigenvalue weighted by molar-refractivity contribution is 7.99. The van der Waals surface area contributed by atoms with E-state index in [1.807, 2.05) is 16.7 Å². The number of benzene rings is 1. The molecule has 0 atom stereocenters. The van der Waals surface area contributed by atoms with Crippen molar-refractivity contribution in [3.63, 3.8) is 0 Å². The molecule has 0 aliphatic heterocycles. The minimum atomic E-state index is -0.103. The molecular weight excluding hydrogens is 416 g/mol. The number of thioether (sulfide) groups is 1. The fourth-order valence-electron chi connectivity index (χ4n) is 3.68. The van der Waals surface area contributed by atoms with Crippen LogP contribution in [0, 0.1) is 6.92 Å². The number of nitrogens with one attached hydrogen (secondary N) is 1. The number of carbonyl (C=O) groups is 1. The molecule has 0 unspecified atom stereocenters. The molecule has 4 rings (SSSR count). The van der Waals surface area contributed by atoms with Gasteiger partial charge in [0.1, 0.15) is 5.01 Å². The van der Waals surface area contributed by atoms with Crippen molar-refractivity contribution in [2.45, 2.75) is 63.6 Å². The molecule has 0 bridgehead atoms. The van der Waals surface area contributed by atoms with Crippen LogP contribution < -0.4 is 5.32 Å². The van der Waals surface area contributed by atoms with Crippen LogP contribution in [-0.2, 0) is 11.3 Å². The van der Waals surface area contributed by atoms with Crippen molar-refractivity contribution in [1.29, 1.82) is 0 Å². The molecule has 30 heavy (non-hydrogen) atoms. The lowest BCUT2D eigenvalue weighted by Crippen LogP contribution is -2.14. The second-order valence-electron chi connectivity index (χ2n) is 7.53. The maximum atomic E-state index is 12.4. The van der Waals surface area contributed by atoms with Gasteiger partial charge >= 0.3 is 0 Å².